The summed E-state index contributed by atoms with van der Waals surface area (Å²) in [5.74, 6) is 0.796. The predicted molar refractivity (Wildman–Crippen MR) is 39.5 cm³/mol. The third kappa shape index (κ3) is 7.14. The Morgan fingerprint density at radius 3 is 1.56 bits per heavy atom. The molecular formula is C7H14BrMg-. The van der Waals surface area contributed by atoms with E-state index in [9.17, 15) is 0 Å². The van der Waals surface area contributed by atoms with Gasteiger partial charge in [-0.3, -0.25) is 0 Å². The minimum atomic E-state index is 0. The Bertz CT molecular complexity index is 42.2. The summed E-state index contributed by atoms with van der Waals surface area (Å²) in [6.45, 7) is 3.94. The Morgan fingerprint density at radius 1 is 1.11 bits per heavy atom. The molecule has 0 nitrogen and oxygen atoms in total. The first kappa shape index (κ1) is 16.7. The SMILES string of the molecule is [Br-].[CH2-]C1CCCC1.[CH3-].[Mg+2]. The molecule has 1 saturated carbocycles. The van der Waals surface area contributed by atoms with Gasteiger partial charge in [-0.05, 0) is 0 Å². The molecule has 0 heterocycles. The predicted octanol–water partition coefficient (Wildman–Crippen LogP) is -0.916. The Kier molecular flexibility index (Phi) is 17.1. The average molecular weight is 202 g/mol. The van der Waals surface area contributed by atoms with Gasteiger partial charge >= 0.3 is 23.1 Å². The molecule has 0 saturated heterocycles. The summed E-state index contributed by atoms with van der Waals surface area (Å²) in [5, 5.41) is 0. The second kappa shape index (κ2) is 9.25. The fraction of sp³-hybridized carbons (Fsp3) is 0.714. The Hall–Kier alpha value is 1.25. The van der Waals surface area contributed by atoms with Gasteiger partial charge in [0.05, 0.1) is 0 Å². The van der Waals surface area contributed by atoms with Crippen molar-refractivity contribution >= 4 is 23.1 Å². The maximum absolute atomic E-state index is 3.94. The van der Waals surface area contributed by atoms with Crippen molar-refractivity contribution < 1.29 is 17.0 Å². The van der Waals surface area contributed by atoms with Gasteiger partial charge in [-0.1, -0.05) is 25.7 Å². The molecule has 0 aromatic rings. The number of halogens is 1. The van der Waals surface area contributed by atoms with Crippen molar-refractivity contribution in [2.75, 3.05) is 0 Å². The fourth-order valence-corrected chi connectivity index (χ4v) is 1.01. The van der Waals surface area contributed by atoms with Crippen LogP contribution in [0.25, 0.3) is 0 Å². The van der Waals surface area contributed by atoms with Crippen molar-refractivity contribution in [3.8, 4) is 0 Å². The maximum atomic E-state index is 3.94. The van der Waals surface area contributed by atoms with E-state index >= 15 is 0 Å². The molecule has 0 amide bonds. The fourth-order valence-electron chi connectivity index (χ4n) is 1.01. The Morgan fingerprint density at radius 2 is 1.44 bits per heavy atom. The van der Waals surface area contributed by atoms with E-state index in [0.29, 0.717) is 0 Å². The van der Waals surface area contributed by atoms with E-state index in [1.54, 1.807) is 0 Å². The van der Waals surface area contributed by atoms with Crippen LogP contribution in [0.15, 0.2) is 0 Å². The molecule has 1 aliphatic rings. The summed E-state index contributed by atoms with van der Waals surface area (Å²) in [4.78, 5) is 0. The van der Waals surface area contributed by atoms with Gasteiger partial charge in [-0.2, -0.15) is 5.92 Å². The minimum absolute atomic E-state index is 0. The standard InChI is InChI=1S/C6H11.CH3.BrH.Mg/c1-6-4-2-3-5-6;;;/h6H,1-5H2;1H3;1H;/q2*-1;;+2/p-1. The van der Waals surface area contributed by atoms with Crippen LogP contribution in [0.4, 0.5) is 0 Å². The smallest absolute Gasteiger partial charge is 1.00 e. The van der Waals surface area contributed by atoms with Gasteiger partial charge in [-0.15, -0.1) is 0 Å². The summed E-state index contributed by atoms with van der Waals surface area (Å²) in [5.41, 5.74) is 0. The van der Waals surface area contributed by atoms with E-state index in [0.717, 1.165) is 5.92 Å². The van der Waals surface area contributed by atoms with E-state index < -0.39 is 0 Å². The van der Waals surface area contributed by atoms with Crippen molar-refractivity contribution in [3.05, 3.63) is 14.4 Å². The quantitative estimate of drug-likeness (QED) is 0.352. The molecule has 0 radical (unpaired) electrons. The molecule has 0 atom stereocenters. The van der Waals surface area contributed by atoms with Crippen LogP contribution in [0.5, 0.6) is 0 Å². The zero-order valence-corrected chi connectivity index (χ0v) is 9.20. The van der Waals surface area contributed by atoms with Gasteiger partial charge in [0.15, 0.2) is 0 Å². The number of rotatable bonds is 0. The average Bonchev–Trinajstić information content (AvgIpc) is 1.86. The van der Waals surface area contributed by atoms with Crippen molar-refractivity contribution in [2.45, 2.75) is 25.7 Å². The molecular weight excluding hydrogens is 188 g/mol. The minimum Gasteiger partial charge on any atom is -1.00 e. The van der Waals surface area contributed by atoms with Crippen LogP contribution in [0.1, 0.15) is 25.7 Å². The number of hydrogen-bond donors (Lipinski definition) is 0. The van der Waals surface area contributed by atoms with Gasteiger partial charge in [0.25, 0.3) is 0 Å². The second-order valence-corrected chi connectivity index (χ2v) is 2.15. The maximum Gasteiger partial charge on any atom is 2.00 e. The van der Waals surface area contributed by atoms with E-state index in [-0.39, 0.29) is 47.5 Å². The molecule has 52 valence electrons. The van der Waals surface area contributed by atoms with Gasteiger partial charge in [0, 0.05) is 0 Å². The van der Waals surface area contributed by atoms with Crippen LogP contribution in [0.3, 0.4) is 0 Å². The monoisotopic (exact) mass is 201 g/mol. The first-order valence-corrected chi connectivity index (χ1v) is 2.72. The molecule has 0 bridgehead atoms. The van der Waals surface area contributed by atoms with Gasteiger partial charge in [-0.25, -0.2) is 0 Å². The van der Waals surface area contributed by atoms with Crippen molar-refractivity contribution in [3.63, 3.8) is 0 Å². The van der Waals surface area contributed by atoms with Crippen LogP contribution in [0, 0.1) is 20.3 Å². The summed E-state index contributed by atoms with van der Waals surface area (Å²) in [6.07, 6.45) is 5.60. The molecule has 0 spiro atoms. The van der Waals surface area contributed by atoms with Crippen LogP contribution in [-0.4, -0.2) is 23.1 Å². The van der Waals surface area contributed by atoms with E-state index in [1.165, 1.54) is 25.7 Å². The largest absolute Gasteiger partial charge is 2.00 e. The summed E-state index contributed by atoms with van der Waals surface area (Å²) >= 11 is 0. The third-order valence-electron chi connectivity index (χ3n) is 1.47. The topological polar surface area (TPSA) is 0 Å². The van der Waals surface area contributed by atoms with Crippen LogP contribution in [-0.2, 0) is 0 Å². The van der Waals surface area contributed by atoms with Crippen molar-refractivity contribution in [1.29, 1.82) is 0 Å². The van der Waals surface area contributed by atoms with Gasteiger partial charge in [0.2, 0.25) is 0 Å². The van der Waals surface area contributed by atoms with Crippen molar-refractivity contribution in [1.82, 2.24) is 0 Å². The van der Waals surface area contributed by atoms with E-state index in [1.807, 2.05) is 0 Å². The molecule has 0 unspecified atom stereocenters. The normalized spacial score (nSPS) is 17.0. The van der Waals surface area contributed by atoms with E-state index in [4.69, 9.17) is 0 Å². The molecule has 1 rings (SSSR count). The first-order valence-electron chi connectivity index (χ1n) is 2.72. The molecule has 0 N–H and O–H groups in total. The van der Waals surface area contributed by atoms with Crippen LogP contribution >= 0.6 is 0 Å². The number of hydrogen-bond acceptors (Lipinski definition) is 0. The molecule has 0 aromatic heterocycles. The zero-order chi connectivity index (χ0) is 4.41. The second-order valence-electron chi connectivity index (χ2n) is 2.15. The Balaban J connectivity index is -0.000000120. The third-order valence-corrected chi connectivity index (χ3v) is 1.47. The summed E-state index contributed by atoms with van der Waals surface area (Å²) in [7, 11) is 0. The molecule has 2 heteroatoms. The van der Waals surface area contributed by atoms with Crippen LogP contribution < -0.4 is 17.0 Å². The Labute approximate surface area is 85.7 Å². The zero-order valence-electron chi connectivity index (χ0n) is 6.20. The molecule has 1 aliphatic carbocycles. The van der Waals surface area contributed by atoms with Gasteiger partial charge < -0.3 is 31.3 Å². The summed E-state index contributed by atoms with van der Waals surface area (Å²) in [6, 6.07) is 0. The van der Waals surface area contributed by atoms with Gasteiger partial charge in [0.1, 0.15) is 0 Å². The van der Waals surface area contributed by atoms with Crippen LogP contribution in [0.2, 0.25) is 0 Å². The van der Waals surface area contributed by atoms with E-state index in [2.05, 4.69) is 6.92 Å². The summed E-state index contributed by atoms with van der Waals surface area (Å²) < 4.78 is 0. The molecule has 1 fully saturated rings. The molecule has 0 aliphatic heterocycles. The van der Waals surface area contributed by atoms with Crippen molar-refractivity contribution in [2.24, 2.45) is 5.92 Å². The first-order chi connectivity index (χ1) is 2.89. The molecule has 9 heavy (non-hydrogen) atoms. The molecule has 0 aromatic carbocycles.